The predicted molar refractivity (Wildman–Crippen MR) is 69.9 cm³/mol. The molecule has 0 aliphatic rings. The van der Waals surface area contributed by atoms with Crippen molar-refractivity contribution in [1.29, 1.82) is 0 Å². The fraction of sp³-hybridized carbons (Fsp3) is 0.250. The fourth-order valence-corrected chi connectivity index (χ4v) is 1.79. The molecule has 0 saturated carbocycles. The molecule has 1 aromatic carbocycles. The van der Waals surface area contributed by atoms with Crippen molar-refractivity contribution in [3.05, 3.63) is 34.1 Å². The zero-order valence-corrected chi connectivity index (χ0v) is 11.7. The van der Waals surface area contributed by atoms with E-state index < -0.39 is 36.1 Å². The Morgan fingerprint density at radius 1 is 1.30 bits per heavy atom. The fourth-order valence-electron chi connectivity index (χ4n) is 1.43. The number of carboxylic acids is 2. The number of hydrogen-bond donors (Lipinski definition) is 3. The van der Waals surface area contributed by atoms with Crippen molar-refractivity contribution in [2.45, 2.75) is 18.9 Å². The number of carbonyl (C=O) groups is 3. The lowest BCUT2D eigenvalue weighted by atomic mass is 10.1. The van der Waals surface area contributed by atoms with E-state index in [4.69, 9.17) is 10.2 Å². The van der Waals surface area contributed by atoms with Gasteiger partial charge < -0.3 is 15.5 Å². The lowest BCUT2D eigenvalue weighted by molar-refractivity contribution is -0.140. The van der Waals surface area contributed by atoms with Gasteiger partial charge in [-0.1, -0.05) is 15.9 Å². The van der Waals surface area contributed by atoms with Gasteiger partial charge >= 0.3 is 11.9 Å². The summed E-state index contributed by atoms with van der Waals surface area (Å²) in [6.45, 7) is 0. The van der Waals surface area contributed by atoms with E-state index in [9.17, 15) is 18.8 Å². The maximum absolute atomic E-state index is 13.5. The zero-order valence-electron chi connectivity index (χ0n) is 10.1. The molecule has 3 N–H and O–H groups in total. The number of carboxylic acid groups (broad SMARTS) is 2. The summed E-state index contributed by atoms with van der Waals surface area (Å²) < 4.78 is 13.9. The predicted octanol–water partition coefficient (Wildman–Crippen LogP) is 1.64. The number of halogens is 2. The Balaban J connectivity index is 2.82. The molecule has 0 fully saturated rings. The highest BCUT2D eigenvalue weighted by Crippen LogP contribution is 2.15. The summed E-state index contributed by atoms with van der Waals surface area (Å²) in [7, 11) is 0. The van der Waals surface area contributed by atoms with Crippen molar-refractivity contribution in [2.75, 3.05) is 0 Å². The molecule has 0 saturated heterocycles. The van der Waals surface area contributed by atoms with Gasteiger partial charge in [0.2, 0.25) is 0 Å². The number of amides is 1. The van der Waals surface area contributed by atoms with Gasteiger partial charge in [-0.15, -0.1) is 0 Å². The molecule has 0 bridgehead atoms. The molecular weight excluding hydrogens is 337 g/mol. The van der Waals surface area contributed by atoms with Crippen LogP contribution in [0.15, 0.2) is 22.7 Å². The third kappa shape index (κ3) is 4.61. The third-order valence-corrected chi connectivity index (χ3v) is 2.92. The summed E-state index contributed by atoms with van der Waals surface area (Å²) in [5.41, 5.74) is -0.319. The first-order chi connectivity index (χ1) is 9.31. The van der Waals surface area contributed by atoms with Crippen LogP contribution in [0.2, 0.25) is 0 Å². The standard InChI is InChI=1S/C12H11BrFNO5/c13-6-1-2-8(14)7(5-6)11(18)15-9(12(19)20)3-4-10(16)17/h1-2,5,9H,3-4H2,(H,15,18)(H,16,17)(H,19,20). The van der Waals surface area contributed by atoms with E-state index in [-0.39, 0.29) is 12.0 Å². The monoisotopic (exact) mass is 347 g/mol. The van der Waals surface area contributed by atoms with Gasteiger partial charge in [-0.05, 0) is 24.6 Å². The first-order valence-electron chi connectivity index (χ1n) is 5.51. The van der Waals surface area contributed by atoms with Crippen molar-refractivity contribution in [1.82, 2.24) is 5.32 Å². The Bertz CT molecular complexity index is 549. The minimum Gasteiger partial charge on any atom is -0.481 e. The van der Waals surface area contributed by atoms with Crippen molar-refractivity contribution in [3.8, 4) is 0 Å². The number of carbonyl (C=O) groups excluding carboxylic acids is 1. The van der Waals surface area contributed by atoms with Crippen LogP contribution >= 0.6 is 15.9 Å². The van der Waals surface area contributed by atoms with Crippen molar-refractivity contribution >= 4 is 33.8 Å². The van der Waals surface area contributed by atoms with Crippen LogP contribution in [0.3, 0.4) is 0 Å². The smallest absolute Gasteiger partial charge is 0.326 e. The van der Waals surface area contributed by atoms with E-state index in [1.807, 2.05) is 0 Å². The lowest BCUT2D eigenvalue weighted by Crippen LogP contribution is -2.41. The second kappa shape index (κ2) is 6.99. The maximum Gasteiger partial charge on any atom is 0.326 e. The van der Waals surface area contributed by atoms with Crippen LogP contribution < -0.4 is 5.32 Å². The summed E-state index contributed by atoms with van der Waals surface area (Å²) in [5, 5.41) is 19.5. The SMILES string of the molecule is O=C(O)CCC(NC(=O)c1cc(Br)ccc1F)C(=O)O. The molecule has 0 aromatic heterocycles. The molecular formula is C12H11BrFNO5. The maximum atomic E-state index is 13.5. The van der Waals surface area contributed by atoms with Crippen LogP contribution in [0, 0.1) is 5.82 Å². The second-order valence-electron chi connectivity index (χ2n) is 3.92. The molecule has 0 aliphatic carbocycles. The molecule has 8 heteroatoms. The molecule has 1 unspecified atom stereocenters. The summed E-state index contributed by atoms with van der Waals surface area (Å²) in [5.74, 6) is -4.27. The Labute approximate surface area is 121 Å². The van der Waals surface area contributed by atoms with E-state index in [2.05, 4.69) is 21.2 Å². The molecule has 1 amide bonds. The first kappa shape index (κ1) is 16.1. The molecule has 0 radical (unpaired) electrons. The topological polar surface area (TPSA) is 104 Å². The van der Waals surface area contributed by atoms with Crippen LogP contribution in [0.4, 0.5) is 4.39 Å². The number of benzene rings is 1. The molecule has 1 rings (SSSR count). The number of rotatable bonds is 6. The van der Waals surface area contributed by atoms with Gasteiger partial charge in [0.15, 0.2) is 0 Å². The van der Waals surface area contributed by atoms with Gasteiger partial charge in [0.1, 0.15) is 11.9 Å². The average Bonchev–Trinajstić information content (AvgIpc) is 2.36. The van der Waals surface area contributed by atoms with Crippen LogP contribution in [0.1, 0.15) is 23.2 Å². The Kier molecular flexibility index (Phi) is 5.63. The van der Waals surface area contributed by atoms with E-state index >= 15 is 0 Å². The van der Waals surface area contributed by atoms with E-state index in [0.717, 1.165) is 6.07 Å². The average molecular weight is 348 g/mol. The zero-order chi connectivity index (χ0) is 15.3. The molecule has 0 heterocycles. The van der Waals surface area contributed by atoms with E-state index in [1.165, 1.54) is 12.1 Å². The van der Waals surface area contributed by atoms with Crippen molar-refractivity contribution < 1.29 is 29.0 Å². The number of aliphatic carboxylic acids is 2. The minimum atomic E-state index is -1.39. The number of nitrogens with one attached hydrogen (secondary N) is 1. The molecule has 108 valence electrons. The van der Waals surface area contributed by atoms with Gasteiger partial charge in [-0.3, -0.25) is 9.59 Å². The number of hydrogen-bond acceptors (Lipinski definition) is 3. The minimum absolute atomic E-state index is 0.286. The summed E-state index contributed by atoms with van der Waals surface area (Å²) >= 11 is 3.07. The Morgan fingerprint density at radius 3 is 2.50 bits per heavy atom. The van der Waals surface area contributed by atoms with Gasteiger partial charge in [-0.25, -0.2) is 9.18 Å². The molecule has 20 heavy (non-hydrogen) atoms. The van der Waals surface area contributed by atoms with Crippen LogP contribution in [0.5, 0.6) is 0 Å². The highest BCUT2D eigenvalue weighted by molar-refractivity contribution is 9.10. The van der Waals surface area contributed by atoms with Crippen LogP contribution in [-0.2, 0) is 9.59 Å². The Hall–Kier alpha value is -1.96. The van der Waals surface area contributed by atoms with Crippen molar-refractivity contribution in [3.63, 3.8) is 0 Å². The van der Waals surface area contributed by atoms with Gasteiger partial charge in [0.25, 0.3) is 5.91 Å². The molecule has 1 aromatic rings. The van der Waals surface area contributed by atoms with Gasteiger partial charge in [-0.2, -0.15) is 0 Å². The molecule has 0 aliphatic heterocycles. The quantitative estimate of drug-likeness (QED) is 0.725. The van der Waals surface area contributed by atoms with E-state index in [1.54, 1.807) is 0 Å². The lowest BCUT2D eigenvalue weighted by Gasteiger charge is -2.14. The summed E-state index contributed by atoms with van der Waals surface area (Å²) in [4.78, 5) is 33.1. The third-order valence-electron chi connectivity index (χ3n) is 2.42. The normalized spacial score (nSPS) is 11.7. The summed E-state index contributed by atoms with van der Waals surface area (Å²) in [6.07, 6.45) is -0.704. The first-order valence-corrected chi connectivity index (χ1v) is 6.31. The second-order valence-corrected chi connectivity index (χ2v) is 4.84. The van der Waals surface area contributed by atoms with Gasteiger partial charge in [0, 0.05) is 10.9 Å². The Morgan fingerprint density at radius 2 is 1.95 bits per heavy atom. The van der Waals surface area contributed by atoms with Gasteiger partial charge in [0.05, 0.1) is 5.56 Å². The molecule has 0 spiro atoms. The highest BCUT2D eigenvalue weighted by atomic mass is 79.9. The molecule has 6 nitrogen and oxygen atoms in total. The van der Waals surface area contributed by atoms with Crippen LogP contribution in [-0.4, -0.2) is 34.1 Å². The van der Waals surface area contributed by atoms with Crippen molar-refractivity contribution in [2.24, 2.45) is 0 Å². The van der Waals surface area contributed by atoms with Crippen LogP contribution in [0.25, 0.3) is 0 Å². The highest BCUT2D eigenvalue weighted by Gasteiger charge is 2.23. The van der Waals surface area contributed by atoms with E-state index in [0.29, 0.717) is 4.47 Å². The summed E-state index contributed by atoms with van der Waals surface area (Å²) in [6, 6.07) is 2.27. The molecule has 1 atom stereocenters. The largest absolute Gasteiger partial charge is 0.481 e.